The molecule has 0 radical (unpaired) electrons. The maximum atomic E-state index is 12.3. The van der Waals surface area contributed by atoms with Gasteiger partial charge in [0.2, 0.25) is 0 Å². The molecular weight excluding hydrogens is 398 g/mol. The molecule has 0 unspecified atom stereocenters. The number of ether oxygens (including phenoxy) is 2. The number of nitrogens with zero attached hydrogens (tertiary/aromatic N) is 1. The Hall–Kier alpha value is -3.06. The summed E-state index contributed by atoms with van der Waals surface area (Å²) in [5, 5.41) is 8.22. The van der Waals surface area contributed by atoms with Crippen molar-refractivity contribution in [2.75, 3.05) is 19.5 Å². The minimum atomic E-state index is -0.295. The normalized spacial score (nSPS) is 12.7. The van der Waals surface area contributed by atoms with Crippen LogP contribution in [-0.4, -0.2) is 25.2 Å². The third-order valence-corrected chi connectivity index (χ3v) is 6.03. The number of anilines is 1. The summed E-state index contributed by atoms with van der Waals surface area (Å²) >= 11 is 1.42. The van der Waals surface area contributed by atoms with Crippen LogP contribution in [0.15, 0.2) is 41.8 Å². The molecule has 4 rings (SSSR count). The molecule has 1 heterocycles. The third-order valence-electron chi connectivity index (χ3n) is 5.27. The predicted octanol–water partition coefficient (Wildman–Crippen LogP) is 5.03. The zero-order valence-electron chi connectivity index (χ0n) is 17.2. The van der Waals surface area contributed by atoms with Crippen molar-refractivity contribution in [1.29, 1.82) is 0 Å². The Morgan fingerprint density at radius 2 is 1.83 bits per heavy atom. The van der Waals surface area contributed by atoms with Gasteiger partial charge in [-0.1, -0.05) is 18.2 Å². The fourth-order valence-corrected chi connectivity index (χ4v) is 4.39. The first kappa shape index (κ1) is 20.2. The number of urea groups is 1. The van der Waals surface area contributed by atoms with Crippen molar-refractivity contribution in [3.05, 3.63) is 58.5 Å². The van der Waals surface area contributed by atoms with Crippen molar-refractivity contribution >= 4 is 22.5 Å². The van der Waals surface area contributed by atoms with Gasteiger partial charge in [-0.05, 0) is 60.6 Å². The fourth-order valence-electron chi connectivity index (χ4n) is 3.67. The number of hydrogen-bond donors (Lipinski definition) is 2. The van der Waals surface area contributed by atoms with Crippen LogP contribution < -0.4 is 20.1 Å². The molecule has 7 heteroatoms. The number of benzene rings is 2. The molecule has 0 aliphatic heterocycles. The molecule has 1 aliphatic rings. The Kier molecular flexibility index (Phi) is 6.18. The summed E-state index contributed by atoms with van der Waals surface area (Å²) in [5.41, 5.74) is 5.79. The maximum absolute atomic E-state index is 12.3. The first-order chi connectivity index (χ1) is 14.7. The molecule has 1 aromatic heterocycles. The summed E-state index contributed by atoms with van der Waals surface area (Å²) in [4.78, 5) is 16.9. The van der Waals surface area contributed by atoms with Crippen LogP contribution in [0.25, 0.3) is 11.3 Å². The van der Waals surface area contributed by atoms with E-state index in [1.807, 2.05) is 23.6 Å². The smallest absolute Gasteiger partial charge is 0.321 e. The van der Waals surface area contributed by atoms with Gasteiger partial charge in [-0.25, -0.2) is 9.78 Å². The van der Waals surface area contributed by atoms with Gasteiger partial charge >= 0.3 is 6.03 Å². The lowest BCUT2D eigenvalue weighted by Gasteiger charge is -2.16. The molecule has 3 aromatic rings. The van der Waals surface area contributed by atoms with Crippen LogP contribution in [-0.2, 0) is 19.4 Å². The van der Waals surface area contributed by atoms with Gasteiger partial charge < -0.3 is 14.8 Å². The van der Waals surface area contributed by atoms with Gasteiger partial charge in [0.1, 0.15) is 0 Å². The van der Waals surface area contributed by atoms with Crippen LogP contribution in [0.5, 0.6) is 11.5 Å². The minimum absolute atomic E-state index is 0.295. The number of rotatable bonds is 6. The van der Waals surface area contributed by atoms with Crippen molar-refractivity contribution in [3.8, 4) is 22.8 Å². The number of fused-ring (bicyclic) bond motifs is 1. The van der Waals surface area contributed by atoms with Gasteiger partial charge in [-0.2, -0.15) is 0 Å². The standard InChI is InChI=1S/C23H25N3O3S/c1-28-20-10-7-15(11-21(20)29-2)13-24-22(27)26-23-25-19(14-30-23)18-9-8-16-5-3-4-6-17(16)12-18/h7-12,14H,3-6,13H2,1-2H3,(H2,24,25,26,27). The largest absolute Gasteiger partial charge is 0.493 e. The Labute approximate surface area is 180 Å². The molecule has 0 atom stereocenters. The van der Waals surface area contributed by atoms with Gasteiger partial charge in [0.05, 0.1) is 19.9 Å². The van der Waals surface area contributed by atoms with Crippen molar-refractivity contribution in [2.45, 2.75) is 32.2 Å². The molecule has 0 saturated heterocycles. The van der Waals surface area contributed by atoms with Crippen LogP contribution in [0, 0.1) is 0 Å². The van der Waals surface area contributed by atoms with E-state index in [9.17, 15) is 4.79 Å². The van der Waals surface area contributed by atoms with E-state index in [-0.39, 0.29) is 6.03 Å². The van der Waals surface area contributed by atoms with E-state index in [0.717, 1.165) is 23.2 Å². The molecule has 0 spiro atoms. The average Bonchev–Trinajstić information content (AvgIpc) is 3.25. The number of methoxy groups -OCH3 is 2. The van der Waals surface area contributed by atoms with Crippen LogP contribution in [0.1, 0.15) is 29.5 Å². The number of hydrogen-bond acceptors (Lipinski definition) is 5. The highest BCUT2D eigenvalue weighted by atomic mass is 32.1. The SMILES string of the molecule is COc1ccc(CNC(=O)Nc2nc(-c3ccc4c(c3)CCCC4)cs2)cc1OC. The molecule has 30 heavy (non-hydrogen) atoms. The van der Waals surface area contributed by atoms with E-state index < -0.39 is 0 Å². The zero-order valence-corrected chi connectivity index (χ0v) is 18.0. The minimum Gasteiger partial charge on any atom is -0.493 e. The van der Waals surface area contributed by atoms with Gasteiger partial charge in [0, 0.05) is 17.5 Å². The van der Waals surface area contributed by atoms with Gasteiger partial charge in [0.15, 0.2) is 16.6 Å². The number of aromatic nitrogens is 1. The van der Waals surface area contributed by atoms with Crippen LogP contribution >= 0.6 is 11.3 Å². The Morgan fingerprint density at radius 1 is 1.03 bits per heavy atom. The molecular formula is C23H25N3O3S. The van der Waals surface area contributed by atoms with Crippen molar-refractivity contribution in [2.24, 2.45) is 0 Å². The number of amides is 2. The van der Waals surface area contributed by atoms with E-state index in [0.29, 0.717) is 23.2 Å². The topological polar surface area (TPSA) is 72.5 Å². The number of nitrogens with one attached hydrogen (secondary N) is 2. The molecule has 156 valence electrons. The number of carbonyl (C=O) groups excluding carboxylic acids is 1. The quantitative estimate of drug-likeness (QED) is 0.583. The van der Waals surface area contributed by atoms with E-state index in [4.69, 9.17) is 9.47 Å². The second kappa shape index (κ2) is 9.17. The van der Waals surface area contributed by atoms with Crippen LogP contribution in [0.2, 0.25) is 0 Å². The summed E-state index contributed by atoms with van der Waals surface area (Å²) in [5.74, 6) is 1.29. The average molecular weight is 424 g/mol. The van der Waals surface area contributed by atoms with E-state index in [2.05, 4.69) is 33.8 Å². The number of carbonyl (C=O) groups is 1. The number of thiazole rings is 1. The first-order valence-corrected chi connectivity index (χ1v) is 10.9. The highest BCUT2D eigenvalue weighted by Crippen LogP contribution is 2.30. The highest BCUT2D eigenvalue weighted by Gasteiger charge is 2.13. The Bertz CT molecular complexity index is 1050. The van der Waals surface area contributed by atoms with Gasteiger partial charge in [-0.3, -0.25) is 5.32 Å². The molecule has 2 aromatic carbocycles. The Balaban J connectivity index is 1.36. The second-order valence-corrected chi connectivity index (χ2v) is 8.08. The Morgan fingerprint density at radius 3 is 2.63 bits per heavy atom. The molecule has 2 N–H and O–H groups in total. The lowest BCUT2D eigenvalue weighted by atomic mass is 9.90. The lowest BCUT2D eigenvalue weighted by molar-refractivity contribution is 0.251. The summed E-state index contributed by atoms with van der Waals surface area (Å²) in [6.07, 6.45) is 4.83. The van der Waals surface area contributed by atoms with E-state index in [1.54, 1.807) is 14.2 Å². The summed E-state index contributed by atoms with van der Waals surface area (Å²) in [6, 6.07) is 11.8. The van der Waals surface area contributed by atoms with Gasteiger partial charge in [0.25, 0.3) is 0 Å². The zero-order chi connectivity index (χ0) is 20.9. The highest BCUT2D eigenvalue weighted by molar-refractivity contribution is 7.14. The summed E-state index contributed by atoms with van der Waals surface area (Å²) < 4.78 is 10.5. The van der Waals surface area contributed by atoms with Crippen molar-refractivity contribution in [3.63, 3.8) is 0 Å². The molecule has 2 amide bonds. The predicted molar refractivity (Wildman–Crippen MR) is 120 cm³/mol. The molecule has 0 bridgehead atoms. The monoisotopic (exact) mass is 423 g/mol. The third kappa shape index (κ3) is 4.57. The molecule has 0 saturated carbocycles. The summed E-state index contributed by atoms with van der Waals surface area (Å²) in [7, 11) is 3.18. The molecule has 6 nitrogen and oxygen atoms in total. The van der Waals surface area contributed by atoms with Crippen LogP contribution in [0.4, 0.5) is 9.93 Å². The van der Waals surface area contributed by atoms with Crippen molar-refractivity contribution < 1.29 is 14.3 Å². The fraction of sp³-hybridized carbons (Fsp3) is 0.304. The van der Waals surface area contributed by atoms with Gasteiger partial charge in [-0.15, -0.1) is 11.3 Å². The molecule has 0 fully saturated rings. The summed E-state index contributed by atoms with van der Waals surface area (Å²) in [6.45, 7) is 0.370. The second-order valence-electron chi connectivity index (χ2n) is 7.23. The van der Waals surface area contributed by atoms with E-state index >= 15 is 0 Å². The maximum Gasteiger partial charge on any atom is 0.321 e. The molecule has 1 aliphatic carbocycles. The lowest BCUT2D eigenvalue weighted by Crippen LogP contribution is -2.28. The first-order valence-electron chi connectivity index (χ1n) is 9.99. The van der Waals surface area contributed by atoms with Crippen molar-refractivity contribution in [1.82, 2.24) is 10.3 Å². The van der Waals surface area contributed by atoms with E-state index in [1.165, 1.54) is 41.7 Å². The number of aryl methyl sites for hydroxylation is 2. The van der Waals surface area contributed by atoms with Crippen LogP contribution in [0.3, 0.4) is 0 Å².